The van der Waals surface area contributed by atoms with Crippen LogP contribution in [0.2, 0.25) is 0 Å². The Kier molecular flexibility index (Phi) is 2.77. The van der Waals surface area contributed by atoms with Gasteiger partial charge in [0.25, 0.3) is 0 Å². The van der Waals surface area contributed by atoms with Crippen molar-refractivity contribution in [1.82, 2.24) is 0 Å². The molecule has 0 spiro atoms. The molecule has 1 aliphatic rings. The van der Waals surface area contributed by atoms with Crippen molar-refractivity contribution in [3.8, 4) is 23.0 Å². The molecule has 0 atom stereocenters. The van der Waals surface area contributed by atoms with Crippen LogP contribution in [0.1, 0.15) is 0 Å². The van der Waals surface area contributed by atoms with Gasteiger partial charge in [0, 0.05) is 5.39 Å². The number of aryl methyl sites for hydroxylation is 1. The topological polar surface area (TPSA) is 51.8 Å². The summed E-state index contributed by atoms with van der Waals surface area (Å²) >= 11 is 0. The minimum Gasteiger partial charge on any atom is -0.504 e. The van der Waals surface area contributed by atoms with Crippen molar-refractivity contribution in [2.24, 2.45) is 7.05 Å². The number of ether oxygens (including phenoxy) is 3. The van der Waals surface area contributed by atoms with E-state index in [-0.39, 0.29) is 12.5 Å². The fourth-order valence-electron chi connectivity index (χ4n) is 3.66. The van der Waals surface area contributed by atoms with Crippen molar-refractivity contribution in [3.63, 3.8) is 0 Å². The normalized spacial score (nSPS) is 13.0. The number of pyridine rings is 1. The maximum absolute atomic E-state index is 10.2. The molecule has 1 aromatic heterocycles. The number of aromatic nitrogens is 1. The number of rotatable bonds is 1. The largest absolute Gasteiger partial charge is 0.504 e. The van der Waals surface area contributed by atoms with E-state index >= 15 is 0 Å². The molecule has 3 aromatic carbocycles. The van der Waals surface area contributed by atoms with Crippen LogP contribution in [-0.2, 0) is 7.05 Å². The van der Waals surface area contributed by atoms with Gasteiger partial charge in [0.2, 0.25) is 12.3 Å². The van der Waals surface area contributed by atoms with Gasteiger partial charge in [0.15, 0.2) is 29.2 Å². The van der Waals surface area contributed by atoms with Crippen molar-refractivity contribution < 1.29 is 23.9 Å². The minimum atomic E-state index is 0.135. The summed E-state index contributed by atoms with van der Waals surface area (Å²) in [7, 11) is 3.57. The summed E-state index contributed by atoms with van der Waals surface area (Å²) in [5.41, 5.74) is 1.08. The molecule has 1 aliphatic heterocycles. The summed E-state index contributed by atoms with van der Waals surface area (Å²) in [6, 6.07) is 11.8. The maximum atomic E-state index is 10.2. The highest BCUT2D eigenvalue weighted by molar-refractivity contribution is 6.14. The van der Waals surface area contributed by atoms with Gasteiger partial charge in [0.05, 0.1) is 23.3 Å². The highest BCUT2D eigenvalue weighted by atomic mass is 16.7. The summed E-state index contributed by atoms with van der Waals surface area (Å²) in [5, 5.41) is 15.4. The molecule has 1 N–H and O–H groups in total. The van der Waals surface area contributed by atoms with Crippen molar-refractivity contribution in [1.29, 1.82) is 0 Å². The highest BCUT2D eigenvalue weighted by Crippen LogP contribution is 2.40. The third-order valence-electron chi connectivity index (χ3n) is 4.81. The first-order valence-corrected chi connectivity index (χ1v) is 8.01. The summed E-state index contributed by atoms with van der Waals surface area (Å²) in [4.78, 5) is 0. The highest BCUT2D eigenvalue weighted by Gasteiger charge is 2.20. The zero-order valence-corrected chi connectivity index (χ0v) is 13.9. The van der Waals surface area contributed by atoms with Crippen LogP contribution in [-0.4, -0.2) is 19.0 Å². The fourth-order valence-corrected chi connectivity index (χ4v) is 3.66. The third kappa shape index (κ3) is 1.92. The summed E-state index contributed by atoms with van der Waals surface area (Å²) in [6.07, 6.45) is 2.05. The number of benzene rings is 3. The van der Waals surface area contributed by atoms with Gasteiger partial charge in [-0.1, -0.05) is 6.07 Å². The number of methoxy groups -OCH3 is 1. The Hall–Kier alpha value is -3.21. The molecule has 0 saturated heterocycles. The molecular formula is C20H16NO4+. The Bertz CT molecular complexity index is 1180. The molecular weight excluding hydrogens is 318 g/mol. The van der Waals surface area contributed by atoms with Gasteiger partial charge in [0.1, 0.15) is 7.05 Å². The van der Waals surface area contributed by atoms with Gasteiger partial charge < -0.3 is 19.3 Å². The summed E-state index contributed by atoms with van der Waals surface area (Å²) < 4.78 is 18.4. The van der Waals surface area contributed by atoms with Crippen molar-refractivity contribution in [2.75, 3.05) is 13.9 Å². The summed E-state index contributed by atoms with van der Waals surface area (Å²) in [5.74, 6) is 2.14. The van der Waals surface area contributed by atoms with Crippen LogP contribution in [0.25, 0.3) is 32.4 Å². The van der Waals surface area contributed by atoms with E-state index in [1.807, 2.05) is 31.4 Å². The van der Waals surface area contributed by atoms with Crippen molar-refractivity contribution >= 4 is 32.4 Å². The van der Waals surface area contributed by atoms with Crippen LogP contribution in [0, 0.1) is 0 Å². The Morgan fingerprint density at radius 1 is 0.960 bits per heavy atom. The van der Waals surface area contributed by atoms with E-state index < -0.39 is 0 Å². The average molecular weight is 334 g/mol. The second kappa shape index (κ2) is 4.89. The molecule has 0 unspecified atom stereocenters. The molecule has 0 radical (unpaired) electrons. The van der Waals surface area contributed by atoms with E-state index in [0.29, 0.717) is 5.75 Å². The molecule has 5 rings (SSSR count). The molecule has 25 heavy (non-hydrogen) atoms. The lowest BCUT2D eigenvalue weighted by Gasteiger charge is -2.09. The SMILES string of the molecule is COc1cc2c[n+](C)c3c4cc5c(cc4ccc3c2cc1O)OCO5. The Labute approximate surface area is 143 Å². The average Bonchev–Trinajstić information content (AvgIpc) is 3.06. The van der Waals surface area contributed by atoms with Crippen molar-refractivity contribution in [2.45, 2.75) is 0 Å². The van der Waals surface area contributed by atoms with Crippen LogP contribution < -0.4 is 18.8 Å². The van der Waals surface area contributed by atoms with E-state index in [9.17, 15) is 5.11 Å². The van der Waals surface area contributed by atoms with E-state index in [1.54, 1.807) is 13.2 Å². The zero-order chi connectivity index (χ0) is 17.1. The molecule has 0 bridgehead atoms. The molecule has 0 amide bonds. The number of phenols is 1. The first kappa shape index (κ1) is 14.2. The van der Waals surface area contributed by atoms with Crippen LogP contribution in [0.15, 0.2) is 42.6 Å². The second-order valence-electron chi connectivity index (χ2n) is 6.24. The Balaban J connectivity index is 1.95. The molecule has 5 heteroatoms. The van der Waals surface area contributed by atoms with E-state index in [0.717, 1.165) is 43.9 Å². The molecule has 124 valence electrons. The van der Waals surface area contributed by atoms with Crippen LogP contribution in [0.4, 0.5) is 0 Å². The molecule has 0 aliphatic carbocycles. The van der Waals surface area contributed by atoms with Gasteiger partial charge in [-0.3, -0.25) is 0 Å². The minimum absolute atomic E-state index is 0.135. The molecule has 0 fully saturated rings. The Morgan fingerprint density at radius 3 is 2.56 bits per heavy atom. The van der Waals surface area contributed by atoms with Gasteiger partial charge in [-0.2, -0.15) is 4.57 Å². The predicted molar refractivity (Wildman–Crippen MR) is 94.5 cm³/mol. The van der Waals surface area contributed by atoms with Crippen LogP contribution in [0.5, 0.6) is 23.0 Å². The smallest absolute Gasteiger partial charge is 0.231 e. The van der Waals surface area contributed by atoms with E-state index in [4.69, 9.17) is 14.2 Å². The van der Waals surface area contributed by atoms with Gasteiger partial charge in [-0.15, -0.1) is 0 Å². The zero-order valence-electron chi connectivity index (χ0n) is 13.9. The molecule has 0 saturated carbocycles. The molecule has 4 aromatic rings. The maximum Gasteiger partial charge on any atom is 0.231 e. The lowest BCUT2D eigenvalue weighted by atomic mass is 10.0. The van der Waals surface area contributed by atoms with Crippen molar-refractivity contribution in [3.05, 3.63) is 42.6 Å². The number of phenolic OH excluding ortho intramolecular Hbond substituents is 1. The molecule has 2 heterocycles. The monoisotopic (exact) mass is 334 g/mol. The number of aromatic hydroxyl groups is 1. The lowest BCUT2D eigenvalue weighted by Crippen LogP contribution is -2.28. The van der Waals surface area contributed by atoms with Gasteiger partial charge in [-0.05, 0) is 35.7 Å². The summed E-state index contributed by atoms with van der Waals surface area (Å²) in [6.45, 7) is 0.256. The number of nitrogens with zero attached hydrogens (tertiary/aromatic N) is 1. The van der Waals surface area contributed by atoms with Gasteiger partial charge >= 0.3 is 0 Å². The van der Waals surface area contributed by atoms with E-state index in [2.05, 4.69) is 16.7 Å². The molecule has 5 nitrogen and oxygen atoms in total. The fraction of sp³-hybridized carbons (Fsp3) is 0.150. The second-order valence-corrected chi connectivity index (χ2v) is 6.24. The van der Waals surface area contributed by atoms with Crippen LogP contribution in [0.3, 0.4) is 0 Å². The Morgan fingerprint density at radius 2 is 1.76 bits per heavy atom. The quantitative estimate of drug-likeness (QED) is 0.428. The first-order valence-electron chi connectivity index (χ1n) is 8.01. The van der Waals surface area contributed by atoms with Gasteiger partial charge in [-0.25, -0.2) is 0 Å². The standard InChI is InChI=1S/C20H15NO4/c1-21-9-12-6-17(23-2)16(22)7-14(12)13-4-3-11-5-18-19(25-10-24-18)8-15(11)20(13)21/h3-9H,10H2,1-2H3/p+1. The number of fused-ring (bicyclic) bond motifs is 6. The lowest BCUT2D eigenvalue weighted by molar-refractivity contribution is -0.642. The van der Waals surface area contributed by atoms with Crippen LogP contribution >= 0.6 is 0 Å². The van der Waals surface area contributed by atoms with E-state index in [1.165, 1.54) is 0 Å². The number of hydrogen-bond donors (Lipinski definition) is 1. The number of hydrogen-bond acceptors (Lipinski definition) is 4. The first-order chi connectivity index (χ1) is 12.2. The predicted octanol–water partition coefficient (Wildman–Crippen LogP) is 3.41. The third-order valence-corrected chi connectivity index (χ3v) is 4.81.